The quantitative estimate of drug-likeness (QED) is 0.0243. The van der Waals surface area contributed by atoms with Gasteiger partial charge < -0.3 is 19.8 Å². The second-order valence-corrected chi connectivity index (χ2v) is 28.5. The van der Waals surface area contributed by atoms with Crippen LogP contribution in [0.5, 0.6) is 0 Å². The van der Waals surface area contributed by atoms with Gasteiger partial charge in [0.2, 0.25) is 5.91 Å². The first-order valence-electron chi connectivity index (χ1n) is 37.5. The number of quaternary nitrogens is 1. The topological polar surface area (TPSA) is 105 Å². The van der Waals surface area contributed by atoms with Gasteiger partial charge in [0.05, 0.1) is 39.9 Å². The fraction of sp³-hybridized carbons (Fsp3) is 0.882. The number of allylic oxidation sites excluding steroid dienone is 7. The highest BCUT2D eigenvalue weighted by Crippen LogP contribution is 2.43. The molecule has 0 aliphatic heterocycles. The van der Waals surface area contributed by atoms with E-state index in [0.29, 0.717) is 17.4 Å². The number of phosphoric ester groups is 1. The van der Waals surface area contributed by atoms with Crippen LogP contribution in [-0.4, -0.2) is 73.4 Å². The molecule has 0 aromatic rings. The Kier molecular flexibility index (Phi) is 65.7. The van der Waals surface area contributed by atoms with Gasteiger partial charge in [0.15, 0.2) is 0 Å². The largest absolute Gasteiger partial charge is 0.472 e. The molecule has 0 aromatic heterocycles. The highest BCUT2D eigenvalue weighted by atomic mass is 31.2. The summed E-state index contributed by atoms with van der Waals surface area (Å²) < 4.78 is 23.8. The van der Waals surface area contributed by atoms with Gasteiger partial charge in [0, 0.05) is 6.42 Å². The van der Waals surface area contributed by atoms with Crippen LogP contribution in [0.15, 0.2) is 48.6 Å². The minimum atomic E-state index is -4.36. The van der Waals surface area contributed by atoms with Crippen LogP contribution in [0.2, 0.25) is 0 Å². The molecule has 0 heterocycles. The van der Waals surface area contributed by atoms with Crippen LogP contribution in [0.4, 0.5) is 0 Å². The molecule has 8 nitrogen and oxygen atoms in total. The molecule has 1 amide bonds. The number of aliphatic hydroxyl groups is 1. The number of carbonyl (C=O) groups is 1. The number of rotatable bonds is 70. The van der Waals surface area contributed by atoms with E-state index >= 15 is 0 Å². The summed E-state index contributed by atoms with van der Waals surface area (Å²) in [6.07, 6.45) is 91.5. The molecule has 3 unspecified atom stereocenters. The molecule has 3 N–H and O–H groups in total. The third kappa shape index (κ3) is 69.8. The Balaban J connectivity index is 3.92. The average Bonchev–Trinajstić information content (AvgIpc) is 3.48. The average molecular weight is 1220 g/mol. The van der Waals surface area contributed by atoms with E-state index in [0.717, 1.165) is 44.9 Å². The lowest BCUT2D eigenvalue weighted by Gasteiger charge is -2.25. The van der Waals surface area contributed by atoms with Crippen molar-refractivity contribution in [3.05, 3.63) is 48.6 Å². The number of amides is 1. The molecule has 502 valence electrons. The van der Waals surface area contributed by atoms with Crippen molar-refractivity contribution in [1.29, 1.82) is 0 Å². The van der Waals surface area contributed by atoms with Crippen molar-refractivity contribution in [2.75, 3.05) is 40.9 Å². The number of unbranched alkanes of at least 4 members (excludes halogenated alkanes) is 51. The summed E-state index contributed by atoms with van der Waals surface area (Å²) in [6, 6.07) is -0.863. The molecule has 0 aliphatic carbocycles. The normalized spacial score (nSPS) is 13.8. The maximum Gasteiger partial charge on any atom is 0.472 e. The summed E-state index contributed by atoms with van der Waals surface area (Å²) in [4.78, 5) is 23.4. The van der Waals surface area contributed by atoms with E-state index < -0.39 is 20.0 Å². The fourth-order valence-corrected chi connectivity index (χ4v) is 12.2. The number of nitrogens with one attached hydrogen (secondary N) is 1. The predicted octanol–water partition coefficient (Wildman–Crippen LogP) is 24.2. The van der Waals surface area contributed by atoms with Gasteiger partial charge in [-0.1, -0.05) is 358 Å². The summed E-state index contributed by atoms with van der Waals surface area (Å²) in [7, 11) is 1.57. The maximum absolute atomic E-state index is 13.1. The zero-order valence-corrected chi connectivity index (χ0v) is 58.5. The minimum Gasteiger partial charge on any atom is -0.387 e. The summed E-state index contributed by atoms with van der Waals surface area (Å²) in [6.45, 7) is 4.84. The van der Waals surface area contributed by atoms with Crippen LogP contribution in [0.3, 0.4) is 0 Å². The van der Waals surface area contributed by atoms with Gasteiger partial charge in [-0.3, -0.25) is 13.8 Å². The molecule has 9 heteroatoms. The van der Waals surface area contributed by atoms with Crippen molar-refractivity contribution in [3.8, 4) is 0 Å². The van der Waals surface area contributed by atoms with Gasteiger partial charge in [-0.25, -0.2) is 4.57 Å². The van der Waals surface area contributed by atoms with Gasteiger partial charge in [-0.2, -0.15) is 0 Å². The second-order valence-electron chi connectivity index (χ2n) is 27.0. The minimum absolute atomic E-state index is 0.0579. The third-order valence-electron chi connectivity index (χ3n) is 17.3. The fourth-order valence-electron chi connectivity index (χ4n) is 11.4. The monoisotopic (exact) mass is 1220 g/mol. The van der Waals surface area contributed by atoms with Crippen LogP contribution in [-0.2, 0) is 18.4 Å². The zero-order chi connectivity index (χ0) is 61.9. The van der Waals surface area contributed by atoms with Crippen LogP contribution in [0, 0.1) is 0 Å². The predicted molar refractivity (Wildman–Crippen MR) is 374 cm³/mol. The van der Waals surface area contributed by atoms with Crippen molar-refractivity contribution >= 4 is 13.7 Å². The van der Waals surface area contributed by atoms with Crippen molar-refractivity contribution in [2.45, 2.75) is 392 Å². The van der Waals surface area contributed by atoms with Crippen molar-refractivity contribution < 1.29 is 32.9 Å². The van der Waals surface area contributed by atoms with Gasteiger partial charge >= 0.3 is 7.82 Å². The number of aliphatic hydroxyl groups excluding tert-OH is 1. The number of phosphoric acid groups is 1. The molecule has 85 heavy (non-hydrogen) atoms. The Hall–Kier alpha value is -1.54. The molecule has 0 aromatic carbocycles. The van der Waals surface area contributed by atoms with Crippen LogP contribution >= 0.6 is 7.82 Å². The van der Waals surface area contributed by atoms with E-state index in [-0.39, 0.29) is 19.1 Å². The molecular weight excluding hydrogens is 1070 g/mol. The molecule has 3 atom stereocenters. The zero-order valence-electron chi connectivity index (χ0n) is 57.6. The molecule has 0 radical (unpaired) electrons. The Morgan fingerprint density at radius 3 is 1.01 bits per heavy atom. The highest BCUT2D eigenvalue weighted by molar-refractivity contribution is 7.47. The lowest BCUT2D eigenvalue weighted by Crippen LogP contribution is -2.45. The van der Waals surface area contributed by atoms with E-state index in [4.69, 9.17) is 9.05 Å². The molecule has 0 aliphatic rings. The van der Waals surface area contributed by atoms with Crippen molar-refractivity contribution in [2.24, 2.45) is 0 Å². The number of nitrogens with zero attached hydrogens (tertiary/aromatic N) is 1. The lowest BCUT2D eigenvalue weighted by atomic mass is 10.0. The third-order valence-corrected chi connectivity index (χ3v) is 18.3. The van der Waals surface area contributed by atoms with Crippen LogP contribution in [0.25, 0.3) is 0 Å². The molecule has 0 saturated heterocycles. The molecule has 0 spiro atoms. The molecule has 0 bridgehead atoms. The molecular formula is C76H148N2O6P+. The lowest BCUT2D eigenvalue weighted by molar-refractivity contribution is -0.870. The summed E-state index contributed by atoms with van der Waals surface area (Å²) in [5, 5.41) is 14.0. The SMILES string of the molecule is CCCCCCC/C=C\C/C=C\CCCCCCCCCCCCCCCCCCCCCCCCCCCCCCCC(=O)NC(COP(=O)(O)OCC[N+](C)(C)C)C(O)/C=C/CC/C=C/CCCCCCCCCCCCCCCCCC. The number of likely N-dealkylation sites (N-methyl/N-ethyl adjacent to an activating group) is 1. The van der Waals surface area contributed by atoms with Gasteiger partial charge in [-0.15, -0.1) is 0 Å². The molecule has 0 saturated carbocycles. The Labute approximate surface area is 530 Å². The Morgan fingerprint density at radius 2 is 0.682 bits per heavy atom. The Bertz CT molecular complexity index is 1530. The van der Waals surface area contributed by atoms with E-state index in [1.54, 1.807) is 6.08 Å². The van der Waals surface area contributed by atoms with E-state index in [1.165, 1.54) is 315 Å². The number of hydrogen-bond acceptors (Lipinski definition) is 5. The Morgan fingerprint density at radius 1 is 0.400 bits per heavy atom. The number of hydrogen-bond donors (Lipinski definition) is 3. The van der Waals surface area contributed by atoms with Gasteiger partial charge in [0.25, 0.3) is 0 Å². The number of carbonyl (C=O) groups excluding carboxylic acids is 1. The van der Waals surface area contributed by atoms with E-state index in [2.05, 4.69) is 55.6 Å². The van der Waals surface area contributed by atoms with Crippen LogP contribution < -0.4 is 5.32 Å². The first-order chi connectivity index (χ1) is 41.5. The summed E-state index contributed by atoms with van der Waals surface area (Å²) in [5.41, 5.74) is 0. The standard InChI is InChI=1S/C76H147N2O6P/c1-6-8-10-12-14-16-18-20-22-24-26-28-30-31-32-33-34-35-36-37-38-39-40-41-42-43-44-45-46-47-48-50-52-54-56-58-60-62-64-66-68-70-76(80)77-74(73-84-85(81,82)83-72-71-78(3,4)5)75(79)69-67-65-63-61-59-57-55-53-51-49-29-27-25-23-21-19-17-15-13-11-9-7-2/h18,20,24,26,59,61,67,69,74-75,79H,6-17,19,21-23,25,27-58,60,62-66,68,70-73H2,1-5H3,(H-,77,80,81,82)/p+1/b20-18-,26-24-,61-59+,69-67+. The smallest absolute Gasteiger partial charge is 0.387 e. The summed E-state index contributed by atoms with van der Waals surface area (Å²) >= 11 is 0. The maximum atomic E-state index is 13.1. The first-order valence-corrected chi connectivity index (χ1v) is 39.0. The van der Waals surface area contributed by atoms with Crippen molar-refractivity contribution in [1.82, 2.24) is 5.32 Å². The van der Waals surface area contributed by atoms with E-state index in [9.17, 15) is 19.4 Å². The van der Waals surface area contributed by atoms with Crippen molar-refractivity contribution in [3.63, 3.8) is 0 Å². The summed E-state index contributed by atoms with van der Waals surface area (Å²) in [5.74, 6) is -0.179. The molecule has 0 fully saturated rings. The van der Waals surface area contributed by atoms with Gasteiger partial charge in [-0.05, 0) is 64.2 Å². The van der Waals surface area contributed by atoms with Crippen LogP contribution in [0.1, 0.15) is 380 Å². The van der Waals surface area contributed by atoms with Gasteiger partial charge in [0.1, 0.15) is 13.2 Å². The molecule has 0 rings (SSSR count). The highest BCUT2D eigenvalue weighted by Gasteiger charge is 2.28. The second kappa shape index (κ2) is 66.9. The first kappa shape index (κ1) is 83.5. The van der Waals surface area contributed by atoms with E-state index in [1.807, 2.05) is 27.2 Å².